The molecule has 0 saturated carbocycles. The number of hydrogen-bond acceptors (Lipinski definition) is 9. The van der Waals surface area contributed by atoms with Gasteiger partial charge in [0.05, 0.1) is 37.0 Å². The molecule has 1 aromatic heterocycles. The zero-order valence-electron chi connectivity index (χ0n) is 25.7. The second-order valence-electron chi connectivity index (χ2n) is 13.8. The van der Waals surface area contributed by atoms with Crippen LogP contribution >= 0.6 is 11.9 Å². The third-order valence-electron chi connectivity index (χ3n) is 9.66. The van der Waals surface area contributed by atoms with Crippen LogP contribution in [0.5, 0.6) is 5.88 Å². The minimum atomic E-state index is 0.0687. The quantitative estimate of drug-likeness (QED) is 0.373. The fourth-order valence-electron chi connectivity index (χ4n) is 7.29. The summed E-state index contributed by atoms with van der Waals surface area (Å²) in [6, 6.07) is 2.03. The van der Waals surface area contributed by atoms with E-state index in [2.05, 4.69) is 78.0 Å². The molecule has 7 unspecified atom stereocenters. The molecular formula is C30H55N7O2S. The van der Waals surface area contributed by atoms with Gasteiger partial charge in [-0.25, -0.2) is 0 Å². The summed E-state index contributed by atoms with van der Waals surface area (Å²) in [7, 11) is 0. The van der Waals surface area contributed by atoms with Gasteiger partial charge in [0.25, 0.3) is 0 Å². The molecule has 4 aliphatic heterocycles. The number of piperidine rings is 2. The van der Waals surface area contributed by atoms with E-state index in [9.17, 15) is 0 Å². The lowest BCUT2D eigenvalue weighted by Crippen LogP contribution is -2.60. The second kappa shape index (κ2) is 13.6. The van der Waals surface area contributed by atoms with Crippen molar-refractivity contribution >= 4 is 11.9 Å². The van der Waals surface area contributed by atoms with Crippen molar-refractivity contribution in [2.75, 3.05) is 32.8 Å². The number of hydrogen-bond donors (Lipinski definition) is 4. The van der Waals surface area contributed by atoms with Crippen molar-refractivity contribution in [1.82, 2.24) is 35.4 Å². The van der Waals surface area contributed by atoms with E-state index in [0.29, 0.717) is 41.8 Å². The smallest absolute Gasteiger partial charge is 0.232 e. The topological polar surface area (TPSA) is 87.6 Å². The molecule has 0 aliphatic carbocycles. The maximum atomic E-state index is 6.44. The average molecular weight is 578 g/mol. The molecule has 5 heterocycles. The molecule has 9 nitrogen and oxygen atoms in total. The Hall–Kier alpha value is -0.880. The highest BCUT2D eigenvalue weighted by molar-refractivity contribution is 7.98. The SMILES string of the molecule is CC(C)C(COc1ccn(C2CCC3CNSC4CCCC(NCCOC5CN(C3N2)C(C)(C)C5)N4)n1)C(C)C. The van der Waals surface area contributed by atoms with E-state index in [4.69, 9.17) is 14.6 Å². The molecule has 0 spiro atoms. The highest BCUT2D eigenvalue weighted by Gasteiger charge is 2.46. The van der Waals surface area contributed by atoms with E-state index in [1.165, 1.54) is 19.3 Å². The third kappa shape index (κ3) is 7.54. The Labute approximate surface area is 246 Å². The second-order valence-corrected chi connectivity index (χ2v) is 14.9. The number of nitrogens with zero attached hydrogens (tertiary/aromatic N) is 3. The van der Waals surface area contributed by atoms with Crippen LogP contribution in [0.3, 0.4) is 0 Å². The number of nitrogens with one attached hydrogen (secondary N) is 4. The number of rotatable bonds is 6. The molecule has 4 bridgehead atoms. The summed E-state index contributed by atoms with van der Waals surface area (Å²) in [6.45, 7) is 18.2. The third-order valence-corrected chi connectivity index (χ3v) is 10.7. The lowest BCUT2D eigenvalue weighted by molar-refractivity contribution is 0.00268. The summed E-state index contributed by atoms with van der Waals surface area (Å²) in [5.74, 6) is 2.95. The monoisotopic (exact) mass is 577 g/mol. The van der Waals surface area contributed by atoms with Crippen molar-refractivity contribution in [2.45, 2.75) is 116 Å². The molecule has 4 N–H and O–H groups in total. The van der Waals surface area contributed by atoms with Crippen LogP contribution in [0.25, 0.3) is 0 Å². The summed E-state index contributed by atoms with van der Waals surface area (Å²) < 4.78 is 18.5. The minimum Gasteiger partial charge on any atom is -0.476 e. The fourth-order valence-corrected chi connectivity index (χ4v) is 8.32. The van der Waals surface area contributed by atoms with Gasteiger partial charge in [-0.05, 0) is 70.1 Å². The van der Waals surface area contributed by atoms with E-state index in [0.717, 1.165) is 51.4 Å². The predicted molar refractivity (Wildman–Crippen MR) is 163 cm³/mol. The van der Waals surface area contributed by atoms with Crippen LogP contribution < -0.4 is 25.4 Å². The number of aromatic nitrogens is 2. The van der Waals surface area contributed by atoms with Gasteiger partial charge in [0.15, 0.2) is 0 Å². The molecular weight excluding hydrogens is 522 g/mol. The van der Waals surface area contributed by atoms with E-state index < -0.39 is 0 Å². The summed E-state index contributed by atoms with van der Waals surface area (Å²) >= 11 is 1.88. The van der Waals surface area contributed by atoms with Gasteiger partial charge in [0.2, 0.25) is 5.88 Å². The van der Waals surface area contributed by atoms with Crippen molar-refractivity contribution in [3.63, 3.8) is 0 Å². The van der Waals surface area contributed by atoms with Crippen molar-refractivity contribution in [2.24, 2.45) is 23.7 Å². The lowest BCUT2D eigenvalue weighted by atomic mass is 9.86. The Balaban J connectivity index is 1.27. The molecule has 4 saturated heterocycles. The Morgan fingerprint density at radius 3 is 2.75 bits per heavy atom. The van der Waals surface area contributed by atoms with Crippen LogP contribution in [0.2, 0.25) is 0 Å². The van der Waals surface area contributed by atoms with Gasteiger partial charge in [0, 0.05) is 43.4 Å². The summed E-state index contributed by atoms with van der Waals surface area (Å²) in [5.41, 5.74) is 0.0687. The molecule has 0 radical (unpaired) electrons. The van der Waals surface area contributed by atoms with Crippen LogP contribution in [0.4, 0.5) is 0 Å². The average Bonchev–Trinajstić information content (AvgIpc) is 3.50. The largest absolute Gasteiger partial charge is 0.476 e. The van der Waals surface area contributed by atoms with Gasteiger partial charge in [-0.1, -0.05) is 39.6 Å². The van der Waals surface area contributed by atoms with Gasteiger partial charge in [0.1, 0.15) is 6.17 Å². The van der Waals surface area contributed by atoms with Gasteiger partial charge >= 0.3 is 0 Å². The first kappa shape index (κ1) is 30.6. The van der Waals surface area contributed by atoms with Crippen LogP contribution in [0.15, 0.2) is 12.3 Å². The Bertz CT molecular complexity index is 920. The standard InChI is InChI=1S/C30H55N7O2S/c1-20(2)24(21(3)4)19-39-27-12-14-37(35-27)26-11-10-22-17-32-40-28-9-7-8-25(33-28)31-13-15-38-23-16-30(5,6)36(18-23)29(22)34-26/h12,14,20-26,28-29,31-34H,7-11,13,15-19H2,1-6H3. The van der Waals surface area contributed by atoms with Crippen LogP contribution in [0, 0.1) is 23.7 Å². The van der Waals surface area contributed by atoms with E-state index in [1.54, 1.807) is 0 Å². The summed E-state index contributed by atoms with van der Waals surface area (Å²) in [4.78, 5) is 2.68. The minimum absolute atomic E-state index is 0.0687. The zero-order valence-corrected chi connectivity index (χ0v) is 26.5. The van der Waals surface area contributed by atoms with Gasteiger partial charge in [-0.15, -0.1) is 5.10 Å². The molecule has 1 aromatic rings. The van der Waals surface area contributed by atoms with E-state index >= 15 is 0 Å². The number of fused-ring (bicyclic) bond motifs is 6. The molecule has 0 amide bonds. The van der Waals surface area contributed by atoms with Crippen molar-refractivity contribution in [1.29, 1.82) is 0 Å². The molecule has 10 heteroatoms. The first-order chi connectivity index (χ1) is 19.2. The van der Waals surface area contributed by atoms with Gasteiger partial charge in [-0.2, -0.15) is 0 Å². The van der Waals surface area contributed by atoms with Crippen LogP contribution in [-0.4, -0.2) is 76.9 Å². The molecule has 4 fully saturated rings. The van der Waals surface area contributed by atoms with Crippen molar-refractivity contribution in [3.8, 4) is 5.88 Å². The normalized spacial score (nSPS) is 35.4. The lowest BCUT2D eigenvalue weighted by Gasteiger charge is -2.47. The molecule has 40 heavy (non-hydrogen) atoms. The Morgan fingerprint density at radius 2 is 1.95 bits per heavy atom. The summed E-state index contributed by atoms with van der Waals surface area (Å²) in [6.07, 6.45) is 10.1. The van der Waals surface area contributed by atoms with Gasteiger partial charge < -0.3 is 9.47 Å². The molecule has 228 valence electrons. The highest BCUT2D eigenvalue weighted by Crippen LogP contribution is 2.38. The summed E-state index contributed by atoms with van der Waals surface area (Å²) in [5, 5.41) is 16.8. The zero-order chi connectivity index (χ0) is 28.3. The van der Waals surface area contributed by atoms with Crippen molar-refractivity contribution < 1.29 is 9.47 Å². The first-order valence-corrected chi connectivity index (χ1v) is 16.8. The maximum Gasteiger partial charge on any atom is 0.232 e. The molecule has 5 rings (SSSR count). The first-order valence-electron chi connectivity index (χ1n) is 15.9. The van der Waals surface area contributed by atoms with Crippen LogP contribution in [-0.2, 0) is 4.74 Å². The predicted octanol–water partition coefficient (Wildman–Crippen LogP) is 4.15. The molecule has 0 aromatic carbocycles. The van der Waals surface area contributed by atoms with E-state index in [1.807, 2.05) is 18.0 Å². The van der Waals surface area contributed by atoms with Gasteiger partial charge in [-0.3, -0.25) is 30.3 Å². The Morgan fingerprint density at radius 1 is 1.12 bits per heavy atom. The number of ether oxygens (including phenoxy) is 2. The van der Waals surface area contributed by atoms with Crippen molar-refractivity contribution in [3.05, 3.63) is 12.3 Å². The molecule has 7 atom stereocenters. The maximum absolute atomic E-state index is 6.44. The molecule has 4 aliphatic rings. The highest BCUT2D eigenvalue weighted by atomic mass is 32.2. The fraction of sp³-hybridized carbons (Fsp3) is 0.900. The van der Waals surface area contributed by atoms with Crippen LogP contribution in [0.1, 0.15) is 86.2 Å². The van der Waals surface area contributed by atoms with E-state index in [-0.39, 0.29) is 24.0 Å². The Kier molecular flexibility index (Phi) is 10.4.